The number of aryl methyl sites for hydroxylation is 1. The fourth-order valence-corrected chi connectivity index (χ4v) is 5.61. The number of carbonyl (C=O) groups excluding carboxylic acids is 2. The van der Waals surface area contributed by atoms with Crippen molar-refractivity contribution in [2.45, 2.75) is 52.6 Å². The molecule has 1 N–H and O–H groups in total. The number of carbonyl (C=O) groups is 2. The van der Waals surface area contributed by atoms with Crippen LogP contribution in [0.25, 0.3) is 0 Å². The van der Waals surface area contributed by atoms with E-state index in [4.69, 9.17) is 11.6 Å². The Kier molecular flexibility index (Phi) is 11.2. The van der Waals surface area contributed by atoms with Crippen LogP contribution in [0.15, 0.2) is 72.8 Å². The van der Waals surface area contributed by atoms with Gasteiger partial charge >= 0.3 is 0 Å². The number of halogens is 1. The summed E-state index contributed by atoms with van der Waals surface area (Å²) in [7, 11) is -3.82. The highest BCUT2D eigenvalue weighted by Gasteiger charge is 2.33. The second kappa shape index (κ2) is 14.3. The molecule has 1 atom stereocenters. The topological polar surface area (TPSA) is 86.8 Å². The van der Waals surface area contributed by atoms with Crippen LogP contribution in [0.3, 0.4) is 0 Å². The molecular formula is C31H38ClN3O4S. The van der Waals surface area contributed by atoms with Gasteiger partial charge in [-0.1, -0.05) is 79.5 Å². The van der Waals surface area contributed by atoms with Crippen molar-refractivity contribution in [3.05, 3.63) is 100 Å². The summed E-state index contributed by atoms with van der Waals surface area (Å²) in [4.78, 5) is 29.2. The lowest BCUT2D eigenvalue weighted by molar-refractivity contribution is -0.140. The Hall–Kier alpha value is -3.36. The normalized spacial score (nSPS) is 12.0. The number of nitrogens with zero attached hydrogens (tertiary/aromatic N) is 2. The van der Waals surface area contributed by atoms with Gasteiger partial charge in [0, 0.05) is 24.5 Å². The highest BCUT2D eigenvalue weighted by Crippen LogP contribution is 2.26. The van der Waals surface area contributed by atoms with Crippen molar-refractivity contribution in [1.29, 1.82) is 0 Å². The molecule has 0 radical (unpaired) electrons. The molecule has 0 aliphatic rings. The molecule has 0 aliphatic carbocycles. The molecule has 0 spiro atoms. The van der Waals surface area contributed by atoms with Gasteiger partial charge in [-0.25, -0.2) is 8.42 Å². The molecule has 9 heteroatoms. The second-order valence-electron chi connectivity index (χ2n) is 9.99. The van der Waals surface area contributed by atoms with E-state index in [2.05, 4.69) is 5.32 Å². The summed E-state index contributed by atoms with van der Waals surface area (Å²) in [5.41, 5.74) is 3.73. The molecule has 0 aliphatic heterocycles. The van der Waals surface area contributed by atoms with Crippen LogP contribution < -0.4 is 9.62 Å². The summed E-state index contributed by atoms with van der Waals surface area (Å²) in [6, 6.07) is 21.1. The maximum absolute atomic E-state index is 14.1. The van der Waals surface area contributed by atoms with Crippen molar-refractivity contribution in [2.75, 3.05) is 23.7 Å². The zero-order chi connectivity index (χ0) is 29.3. The zero-order valence-corrected chi connectivity index (χ0v) is 25.1. The van der Waals surface area contributed by atoms with Gasteiger partial charge in [0.15, 0.2) is 0 Å². The van der Waals surface area contributed by atoms with E-state index in [1.807, 2.05) is 63.2 Å². The Bertz CT molecular complexity index is 1410. The molecule has 40 heavy (non-hydrogen) atoms. The summed E-state index contributed by atoms with van der Waals surface area (Å²) in [5.74, 6) is -0.775. The first-order chi connectivity index (χ1) is 19.0. The number of benzene rings is 3. The van der Waals surface area contributed by atoms with Gasteiger partial charge in [-0.3, -0.25) is 13.9 Å². The third kappa shape index (κ3) is 8.57. The molecule has 0 saturated carbocycles. The molecular weight excluding hydrogens is 546 g/mol. The van der Waals surface area contributed by atoms with E-state index >= 15 is 0 Å². The molecule has 0 unspecified atom stereocenters. The summed E-state index contributed by atoms with van der Waals surface area (Å²) >= 11 is 6.25. The molecule has 0 saturated heterocycles. The maximum Gasteiger partial charge on any atom is 0.244 e. The average molecular weight is 584 g/mol. The quantitative estimate of drug-likeness (QED) is 0.277. The predicted octanol–water partition coefficient (Wildman–Crippen LogP) is 5.28. The Balaban J connectivity index is 2.06. The first kappa shape index (κ1) is 31.2. The Morgan fingerprint density at radius 3 is 2.27 bits per heavy atom. The first-order valence-corrected chi connectivity index (χ1v) is 15.6. The van der Waals surface area contributed by atoms with E-state index in [-0.39, 0.29) is 18.9 Å². The van der Waals surface area contributed by atoms with E-state index in [0.717, 1.165) is 45.7 Å². The van der Waals surface area contributed by atoms with E-state index in [0.29, 0.717) is 17.3 Å². The van der Waals surface area contributed by atoms with Crippen LogP contribution in [-0.4, -0.2) is 50.5 Å². The second-order valence-corrected chi connectivity index (χ2v) is 12.3. The maximum atomic E-state index is 14.1. The standard InChI is InChI=1S/C31H38ClN3O4S/c1-5-6-18-33-31(37)29(20-25-13-8-7-9-14-25)34(21-26-15-11-16-27(32)19-26)30(36)22-35(40(4,38)39)28-17-10-12-23(2)24(28)3/h7-17,19,29H,5-6,18,20-22H2,1-4H3,(H,33,37)/t29-/m0/s1. The Morgan fingerprint density at radius 1 is 0.950 bits per heavy atom. The van der Waals surface area contributed by atoms with Crippen LogP contribution in [0.1, 0.15) is 42.0 Å². The lowest BCUT2D eigenvalue weighted by atomic mass is 10.0. The van der Waals surface area contributed by atoms with E-state index in [9.17, 15) is 18.0 Å². The van der Waals surface area contributed by atoms with E-state index < -0.39 is 28.5 Å². The lowest BCUT2D eigenvalue weighted by Crippen LogP contribution is -2.53. The molecule has 3 aromatic carbocycles. The van der Waals surface area contributed by atoms with E-state index in [1.54, 1.807) is 30.3 Å². The highest BCUT2D eigenvalue weighted by atomic mass is 35.5. The number of nitrogens with one attached hydrogen (secondary N) is 1. The molecule has 214 valence electrons. The van der Waals surface area contributed by atoms with Gasteiger partial charge in [-0.15, -0.1) is 0 Å². The number of unbranched alkanes of at least 4 members (excludes halogenated alkanes) is 1. The van der Waals surface area contributed by atoms with Crippen molar-refractivity contribution >= 4 is 39.1 Å². The number of hydrogen-bond donors (Lipinski definition) is 1. The van der Waals surface area contributed by atoms with Gasteiger partial charge in [0.05, 0.1) is 11.9 Å². The highest BCUT2D eigenvalue weighted by molar-refractivity contribution is 7.92. The van der Waals surface area contributed by atoms with Crippen LogP contribution in [0.4, 0.5) is 5.69 Å². The zero-order valence-electron chi connectivity index (χ0n) is 23.6. The smallest absolute Gasteiger partial charge is 0.244 e. The van der Waals surface area contributed by atoms with Gasteiger partial charge < -0.3 is 10.2 Å². The lowest BCUT2D eigenvalue weighted by Gasteiger charge is -2.34. The third-order valence-electron chi connectivity index (χ3n) is 6.87. The minimum Gasteiger partial charge on any atom is -0.354 e. The molecule has 3 rings (SSSR count). The Labute approximate surface area is 243 Å². The minimum atomic E-state index is -3.82. The molecule has 0 bridgehead atoms. The predicted molar refractivity (Wildman–Crippen MR) is 162 cm³/mol. The molecule has 3 aromatic rings. The largest absolute Gasteiger partial charge is 0.354 e. The molecule has 0 heterocycles. The number of anilines is 1. The van der Waals surface area contributed by atoms with Crippen molar-refractivity contribution in [3.8, 4) is 0 Å². The summed E-state index contributed by atoms with van der Waals surface area (Å²) in [6.07, 6.45) is 3.07. The van der Waals surface area contributed by atoms with Crippen molar-refractivity contribution < 1.29 is 18.0 Å². The van der Waals surface area contributed by atoms with Gasteiger partial charge in [0.2, 0.25) is 21.8 Å². The molecule has 0 fully saturated rings. The van der Waals surface area contributed by atoms with Gasteiger partial charge in [-0.2, -0.15) is 0 Å². The summed E-state index contributed by atoms with van der Waals surface area (Å²) in [5, 5.41) is 3.48. The monoisotopic (exact) mass is 583 g/mol. The van der Waals surface area contributed by atoms with Gasteiger partial charge in [0.1, 0.15) is 12.6 Å². The van der Waals surface area contributed by atoms with Crippen LogP contribution in [-0.2, 0) is 32.6 Å². The van der Waals surface area contributed by atoms with Crippen LogP contribution in [0, 0.1) is 13.8 Å². The molecule has 0 aromatic heterocycles. The van der Waals surface area contributed by atoms with Crippen molar-refractivity contribution in [3.63, 3.8) is 0 Å². The van der Waals surface area contributed by atoms with E-state index in [1.165, 1.54) is 4.90 Å². The first-order valence-electron chi connectivity index (χ1n) is 13.4. The minimum absolute atomic E-state index is 0.0858. The Morgan fingerprint density at radius 2 is 1.62 bits per heavy atom. The fraction of sp³-hybridized carbons (Fsp3) is 0.355. The summed E-state index contributed by atoms with van der Waals surface area (Å²) < 4.78 is 27.1. The number of rotatable bonds is 13. The number of amides is 2. The van der Waals surface area contributed by atoms with Crippen LogP contribution in [0.2, 0.25) is 5.02 Å². The number of sulfonamides is 1. The van der Waals surface area contributed by atoms with Gasteiger partial charge in [0.25, 0.3) is 0 Å². The van der Waals surface area contributed by atoms with Crippen molar-refractivity contribution in [2.24, 2.45) is 0 Å². The van der Waals surface area contributed by atoms with Crippen LogP contribution >= 0.6 is 11.6 Å². The number of hydrogen-bond acceptors (Lipinski definition) is 4. The van der Waals surface area contributed by atoms with Gasteiger partial charge in [-0.05, 0) is 60.7 Å². The SMILES string of the molecule is CCCCNC(=O)[C@H](Cc1ccccc1)N(Cc1cccc(Cl)c1)C(=O)CN(c1cccc(C)c1C)S(C)(=O)=O. The third-order valence-corrected chi connectivity index (χ3v) is 8.23. The van der Waals surface area contributed by atoms with Crippen molar-refractivity contribution in [1.82, 2.24) is 10.2 Å². The fourth-order valence-electron chi connectivity index (χ4n) is 4.49. The molecule has 2 amide bonds. The molecule has 7 nitrogen and oxygen atoms in total. The summed E-state index contributed by atoms with van der Waals surface area (Å²) in [6.45, 7) is 5.88. The van der Waals surface area contributed by atoms with Crippen LogP contribution in [0.5, 0.6) is 0 Å². The average Bonchev–Trinajstić information content (AvgIpc) is 2.91.